The first kappa shape index (κ1) is 15.7. The third kappa shape index (κ3) is 3.91. The zero-order valence-electron chi connectivity index (χ0n) is 13.2. The van der Waals surface area contributed by atoms with Crippen LogP contribution in [0, 0.1) is 12.3 Å². The van der Waals surface area contributed by atoms with Crippen molar-refractivity contribution >= 4 is 11.8 Å². The molecule has 0 bridgehead atoms. The van der Waals surface area contributed by atoms with Gasteiger partial charge in [-0.15, -0.1) is 0 Å². The number of hydrogen-bond acceptors (Lipinski definition) is 6. The van der Waals surface area contributed by atoms with Gasteiger partial charge in [-0.25, -0.2) is 14.8 Å². The Morgan fingerprint density at radius 3 is 2.95 bits per heavy atom. The summed E-state index contributed by atoms with van der Waals surface area (Å²) in [6.07, 6.45) is 2.42. The number of ether oxygens (including phenoxy) is 1. The lowest BCUT2D eigenvalue weighted by molar-refractivity contribution is 0.0586. The van der Waals surface area contributed by atoms with Gasteiger partial charge in [0.15, 0.2) is 0 Å². The molecule has 0 aromatic carbocycles. The van der Waals surface area contributed by atoms with E-state index in [1.165, 1.54) is 20.0 Å². The number of aryl methyl sites for hydroxylation is 1. The highest BCUT2D eigenvalue weighted by Crippen LogP contribution is 2.30. The highest BCUT2D eigenvalue weighted by atomic mass is 16.5. The van der Waals surface area contributed by atoms with Crippen molar-refractivity contribution in [3.05, 3.63) is 17.6 Å². The average molecular weight is 292 g/mol. The normalized spacial score (nSPS) is 20.9. The minimum atomic E-state index is -0.516. The van der Waals surface area contributed by atoms with Crippen LogP contribution in [0.1, 0.15) is 43.0 Å². The molecule has 0 saturated carbocycles. The van der Waals surface area contributed by atoms with Crippen LogP contribution in [-0.4, -0.2) is 42.2 Å². The Balaban J connectivity index is 2.06. The number of rotatable bonds is 4. The van der Waals surface area contributed by atoms with Crippen molar-refractivity contribution in [3.63, 3.8) is 0 Å². The van der Waals surface area contributed by atoms with Crippen molar-refractivity contribution in [2.75, 3.05) is 25.5 Å². The quantitative estimate of drug-likeness (QED) is 0.824. The van der Waals surface area contributed by atoms with Crippen LogP contribution in [0.15, 0.2) is 6.07 Å². The van der Waals surface area contributed by atoms with Crippen molar-refractivity contribution in [2.24, 2.45) is 5.41 Å². The summed E-state index contributed by atoms with van der Waals surface area (Å²) in [6.45, 7) is 8.20. The molecule has 1 aromatic rings. The van der Waals surface area contributed by atoms with E-state index in [-0.39, 0.29) is 11.2 Å². The molecule has 6 heteroatoms. The molecule has 0 spiro atoms. The predicted octanol–water partition coefficient (Wildman–Crippen LogP) is 1.76. The summed E-state index contributed by atoms with van der Waals surface area (Å²) in [6, 6.07) is 2.21. The molecule has 1 aromatic heterocycles. The molecule has 21 heavy (non-hydrogen) atoms. The summed E-state index contributed by atoms with van der Waals surface area (Å²) in [5, 5.41) is 6.85. The Labute approximate surface area is 125 Å². The number of nitrogens with zero attached hydrogens (tertiary/aromatic N) is 2. The van der Waals surface area contributed by atoms with E-state index in [2.05, 4.69) is 39.2 Å². The van der Waals surface area contributed by atoms with Crippen LogP contribution in [0.25, 0.3) is 0 Å². The van der Waals surface area contributed by atoms with E-state index in [4.69, 9.17) is 0 Å². The van der Waals surface area contributed by atoms with Gasteiger partial charge in [0, 0.05) is 24.3 Å². The number of carbonyl (C=O) groups excluding carboxylic acids is 1. The smallest absolute Gasteiger partial charge is 0.376 e. The Kier molecular flexibility index (Phi) is 4.77. The maximum absolute atomic E-state index is 11.5. The van der Waals surface area contributed by atoms with Gasteiger partial charge in [-0.05, 0) is 31.7 Å². The molecule has 1 atom stereocenters. The van der Waals surface area contributed by atoms with Crippen molar-refractivity contribution in [1.29, 1.82) is 0 Å². The Bertz CT molecular complexity index is 516. The molecular formula is C15H24N4O2. The number of anilines is 1. The van der Waals surface area contributed by atoms with Crippen LogP contribution in [0.3, 0.4) is 0 Å². The lowest BCUT2D eigenvalue weighted by Crippen LogP contribution is -2.50. The predicted molar refractivity (Wildman–Crippen MR) is 81.4 cm³/mol. The van der Waals surface area contributed by atoms with Gasteiger partial charge in [0.1, 0.15) is 5.82 Å². The summed E-state index contributed by atoms with van der Waals surface area (Å²) >= 11 is 0. The maximum Gasteiger partial charge on any atom is 0.376 e. The molecule has 6 nitrogen and oxygen atoms in total. The number of piperidine rings is 1. The first-order valence-electron chi connectivity index (χ1n) is 7.33. The molecule has 1 saturated heterocycles. The molecule has 0 amide bonds. The number of methoxy groups -OCH3 is 1. The highest BCUT2D eigenvalue weighted by Gasteiger charge is 2.31. The van der Waals surface area contributed by atoms with E-state index in [9.17, 15) is 4.79 Å². The first-order chi connectivity index (χ1) is 9.92. The topological polar surface area (TPSA) is 76.1 Å². The summed E-state index contributed by atoms with van der Waals surface area (Å²) in [7, 11) is 1.33. The zero-order chi connectivity index (χ0) is 15.5. The minimum Gasteiger partial charge on any atom is -0.463 e. The van der Waals surface area contributed by atoms with Gasteiger partial charge in [-0.1, -0.05) is 13.8 Å². The van der Waals surface area contributed by atoms with Gasteiger partial charge in [0.05, 0.1) is 7.11 Å². The average Bonchev–Trinajstić information content (AvgIpc) is 2.44. The number of hydrogen-bond donors (Lipinski definition) is 2. The second-order valence-corrected chi connectivity index (χ2v) is 6.19. The number of aromatic nitrogens is 2. The van der Waals surface area contributed by atoms with Crippen LogP contribution < -0.4 is 10.6 Å². The molecule has 116 valence electrons. The van der Waals surface area contributed by atoms with E-state index in [1.54, 1.807) is 0 Å². The zero-order valence-corrected chi connectivity index (χ0v) is 13.2. The third-order valence-corrected chi connectivity index (χ3v) is 4.04. The molecule has 0 radical (unpaired) electrons. The second-order valence-electron chi connectivity index (χ2n) is 6.19. The lowest BCUT2D eigenvalue weighted by atomic mass is 9.77. The molecule has 1 fully saturated rings. The summed E-state index contributed by atoms with van der Waals surface area (Å²) in [5.74, 6) is 0.236. The third-order valence-electron chi connectivity index (χ3n) is 4.04. The van der Waals surface area contributed by atoms with Crippen molar-refractivity contribution in [1.82, 2.24) is 15.3 Å². The van der Waals surface area contributed by atoms with Gasteiger partial charge in [-0.3, -0.25) is 0 Å². The lowest BCUT2D eigenvalue weighted by Gasteiger charge is -2.39. The van der Waals surface area contributed by atoms with Crippen LogP contribution in [0.5, 0.6) is 0 Å². The van der Waals surface area contributed by atoms with Gasteiger partial charge in [0.25, 0.3) is 0 Å². The Morgan fingerprint density at radius 1 is 1.52 bits per heavy atom. The molecular weight excluding hydrogens is 268 g/mol. The van der Waals surface area contributed by atoms with E-state index < -0.39 is 5.97 Å². The monoisotopic (exact) mass is 292 g/mol. The summed E-state index contributed by atoms with van der Waals surface area (Å²) in [5.41, 5.74) is 0.988. The molecule has 2 rings (SSSR count). The van der Waals surface area contributed by atoms with Gasteiger partial charge in [-0.2, -0.15) is 0 Å². The van der Waals surface area contributed by atoms with Gasteiger partial charge < -0.3 is 15.4 Å². The SMILES string of the molecule is COC(=O)c1nc(C)cc(NCC2NCCCC2(C)C)n1. The van der Waals surface area contributed by atoms with E-state index >= 15 is 0 Å². The van der Waals surface area contributed by atoms with E-state index in [0.29, 0.717) is 11.9 Å². The fraction of sp³-hybridized carbons (Fsp3) is 0.667. The molecule has 1 aliphatic heterocycles. The fourth-order valence-electron chi connectivity index (χ4n) is 2.67. The van der Waals surface area contributed by atoms with Crippen LogP contribution in [0.4, 0.5) is 5.82 Å². The van der Waals surface area contributed by atoms with Crippen LogP contribution in [-0.2, 0) is 4.74 Å². The van der Waals surface area contributed by atoms with Crippen molar-refractivity contribution in [2.45, 2.75) is 39.7 Å². The molecule has 2 heterocycles. The first-order valence-corrected chi connectivity index (χ1v) is 7.33. The number of nitrogens with one attached hydrogen (secondary N) is 2. The minimum absolute atomic E-state index is 0.0934. The largest absolute Gasteiger partial charge is 0.463 e. The molecule has 0 aliphatic carbocycles. The Hall–Kier alpha value is -1.69. The molecule has 2 N–H and O–H groups in total. The summed E-state index contributed by atoms with van der Waals surface area (Å²) < 4.78 is 4.67. The van der Waals surface area contributed by atoms with Crippen LogP contribution in [0.2, 0.25) is 0 Å². The number of esters is 1. The molecule has 1 aliphatic rings. The molecule has 1 unspecified atom stereocenters. The maximum atomic E-state index is 11.5. The van der Waals surface area contributed by atoms with E-state index in [0.717, 1.165) is 18.8 Å². The van der Waals surface area contributed by atoms with Crippen LogP contribution >= 0.6 is 0 Å². The van der Waals surface area contributed by atoms with Gasteiger partial charge >= 0.3 is 5.97 Å². The highest BCUT2D eigenvalue weighted by molar-refractivity contribution is 5.85. The van der Waals surface area contributed by atoms with Gasteiger partial charge in [0.2, 0.25) is 5.82 Å². The second kappa shape index (κ2) is 6.39. The van der Waals surface area contributed by atoms with E-state index in [1.807, 2.05) is 13.0 Å². The fourth-order valence-corrected chi connectivity index (χ4v) is 2.67. The van der Waals surface area contributed by atoms with Crippen molar-refractivity contribution in [3.8, 4) is 0 Å². The number of carbonyl (C=O) groups is 1. The summed E-state index contributed by atoms with van der Waals surface area (Å²) in [4.78, 5) is 19.8. The van der Waals surface area contributed by atoms with Crippen molar-refractivity contribution < 1.29 is 9.53 Å². The standard InChI is InChI=1S/C15H24N4O2/c1-10-8-12(19-13(18-10)14(20)21-4)17-9-11-15(2,3)6-5-7-16-11/h8,11,16H,5-7,9H2,1-4H3,(H,17,18,19). The Morgan fingerprint density at radius 2 is 2.29 bits per heavy atom.